The maximum absolute atomic E-state index is 11.9. The summed E-state index contributed by atoms with van der Waals surface area (Å²) >= 11 is 18.7. The average Bonchev–Trinajstić information content (AvgIpc) is 1.61. The second-order valence-corrected chi connectivity index (χ2v) is 30.6. The van der Waals surface area contributed by atoms with Crippen molar-refractivity contribution in [3.8, 4) is 11.8 Å². The van der Waals surface area contributed by atoms with Gasteiger partial charge in [-0.3, -0.25) is 25.3 Å². The van der Waals surface area contributed by atoms with Crippen molar-refractivity contribution in [2.45, 2.75) is 121 Å². The van der Waals surface area contributed by atoms with Crippen LogP contribution < -0.4 is 31.7 Å². The van der Waals surface area contributed by atoms with Crippen molar-refractivity contribution in [2.24, 2.45) is 17.4 Å². The molecular weight excluding hydrogens is 1780 g/mol. The zero-order valence-corrected chi connectivity index (χ0v) is 78.0. The number of halogens is 4. The van der Waals surface area contributed by atoms with E-state index in [2.05, 4.69) is 169 Å². The van der Waals surface area contributed by atoms with E-state index in [1.54, 1.807) is 25.4 Å². The number of aromatic nitrogens is 13. The van der Waals surface area contributed by atoms with Crippen LogP contribution in [0.1, 0.15) is 177 Å². The first-order valence-corrected chi connectivity index (χ1v) is 41.2. The number of methoxy groups -OCH3 is 1. The topological polar surface area (TPSA) is 357 Å². The number of aliphatic hydroxyl groups is 1. The summed E-state index contributed by atoms with van der Waals surface area (Å²) in [6.45, 7) is 32.1. The number of carbonyl (C=O) groups excluding carboxylic acids is 1. The number of rotatable bonds is 12. The molecule has 9 aromatic heterocycles. The summed E-state index contributed by atoms with van der Waals surface area (Å²) in [5.74, 6) is 3.78. The summed E-state index contributed by atoms with van der Waals surface area (Å²) in [6.07, 6.45) is 5.32. The van der Waals surface area contributed by atoms with Crippen LogP contribution in [-0.2, 0) is 50.5 Å². The second-order valence-electron chi connectivity index (χ2n) is 28.1. The molecule has 0 atom stereocenters. The summed E-state index contributed by atoms with van der Waals surface area (Å²) < 4.78 is 15.4. The molecule has 25 nitrogen and oxygen atoms in total. The minimum Gasteiger partial charge on any atom is -0.512 e. The van der Waals surface area contributed by atoms with E-state index in [0.717, 1.165) is 164 Å². The molecule has 1 fully saturated rings. The molecule has 124 heavy (non-hydrogen) atoms. The average molecular weight is 1950 g/mol. The zero-order valence-electron chi connectivity index (χ0n) is 70.3. The van der Waals surface area contributed by atoms with Crippen molar-refractivity contribution in [3.05, 3.63) is 313 Å². The molecular formula is C94H167Br2Cl2N21O4Zn. The number of amides is 1. The number of aryl methyl sites for hydroxylation is 4. The van der Waals surface area contributed by atoms with Crippen LogP contribution in [0.15, 0.2) is 228 Å². The van der Waals surface area contributed by atoms with E-state index in [4.69, 9.17) is 93.1 Å². The molecule has 0 radical (unpaired) electrons. The zero-order chi connectivity index (χ0) is 88.4. The summed E-state index contributed by atoms with van der Waals surface area (Å²) in [6, 6.07) is 69.3. The van der Waals surface area contributed by atoms with Gasteiger partial charge in [0.2, 0.25) is 23.1 Å². The van der Waals surface area contributed by atoms with Gasteiger partial charge in [-0.25, -0.2) is 9.78 Å². The number of ether oxygens (including phenoxy) is 2. The molecule has 16 aromatic rings. The van der Waals surface area contributed by atoms with Gasteiger partial charge in [-0.05, 0) is 191 Å². The van der Waals surface area contributed by atoms with Gasteiger partial charge in [-0.1, -0.05) is 193 Å². The van der Waals surface area contributed by atoms with Crippen molar-refractivity contribution >= 4 is 145 Å². The number of para-hydroxylation sites is 5. The van der Waals surface area contributed by atoms with Gasteiger partial charge in [0.25, 0.3) is 0 Å². The van der Waals surface area contributed by atoms with Crippen molar-refractivity contribution in [1.82, 2.24) is 64.1 Å². The predicted octanol–water partition coefficient (Wildman–Crippen LogP) is 29.9. The molecule has 30 heteroatoms. The van der Waals surface area contributed by atoms with E-state index in [0.29, 0.717) is 41.9 Å². The van der Waals surface area contributed by atoms with Crippen LogP contribution in [0, 0.1) is 68.6 Å². The molecule has 1 aliphatic heterocycles. The fourth-order valence-electron chi connectivity index (χ4n) is 12.4. The number of fused-ring (bicyclic) bond motifs is 7. The monoisotopic (exact) mass is 1950 g/mol. The normalized spacial score (nSPS) is 11.1. The van der Waals surface area contributed by atoms with Gasteiger partial charge in [0.15, 0.2) is 11.3 Å². The van der Waals surface area contributed by atoms with Gasteiger partial charge in [-0.15, -0.1) is 0 Å². The Morgan fingerprint density at radius 1 is 0.556 bits per heavy atom. The summed E-state index contributed by atoms with van der Waals surface area (Å²) in [7, 11) is 2.65. The molecule has 0 unspecified atom stereocenters. The largest absolute Gasteiger partial charge is 2.00 e. The second kappa shape index (κ2) is 51.1. The van der Waals surface area contributed by atoms with Gasteiger partial charge < -0.3 is 59.9 Å². The molecule has 7 aromatic carbocycles. The number of nitrogens with one attached hydrogen (secondary N) is 2. The van der Waals surface area contributed by atoms with Crippen LogP contribution in [0.5, 0.6) is 5.75 Å². The predicted molar refractivity (Wildman–Crippen MR) is 571 cm³/mol. The molecule has 1 aliphatic rings. The van der Waals surface area contributed by atoms with Gasteiger partial charge in [0.1, 0.15) is 23.6 Å². The molecule has 0 saturated carbocycles. The third-order valence-electron chi connectivity index (χ3n) is 18.8. The Hall–Kier alpha value is -12.1. The summed E-state index contributed by atoms with van der Waals surface area (Å²) in [5, 5.41) is 49.4. The SMILES string of the molecule is C.CC(C)c1cnn2c(Cl)nc(NC(=O)OCc3ccccc3)nc12.CO.COc1ccc(CN)cc1.Cc1ccc2cccc(Br)c2n1.Cc1ccc2cccc(C#N)c2n1.Cc1ccc2cccc(CN)c2n1.Cc1ccc2cccc(CNc3nc(N4CCC(C)CC4)nc4c(C(C)C)cnn34)c2n1.Clc1ccc2cccc(Br)c2n1.[C-]#N.[C-]#N.[HH].[HH].[HH].[HH].[HH].[HH].[HH].[HH].[HH].[HH].[HH].[HH].[HH].[HH].[HH].[HH].[HH].[HH].[HH].[HH].[HH].[HH].[HH].[HH].[HH].[HH].[HH].[HH].[HH].[HH].[HH].[HH].[HH].[HH].[Zn+2]. The standard InChI is InChI=1S/C25H31N7.C16H16ClN5O2.C11H12N2.C11H8N2.C10H8BrN.C9H5BrClN.C8H11NO.2CN.CH4O.CH4.Zn.34H2/c1-16(2)21-15-27-32-23(21)29-25(31-12-10-17(3)11-13-31)30-24(32)26-14-20-7-5-6-19-9-8-18(4)28-22(19)20;1-10(2)12-8-18-22-13(12)19-15(20-14(22)17)21-16(23)24-9-11-6-4-3-5-7-11;2*1-8-5-6-9-3-2-4-10(7-12)11(9)13-8;1-7-5-6-8-3-2-4-9(11)10(8)12-7;10-7-3-1-2-6-4-5-8(11)12-9(6)7;1-10-8-4-2-7(6-9)3-5-8;3*1-2;;;;;;;;;;;;;;;;;;;;;;;;;;;;;;;;;;;;/h5-9,15-17H,10-14H2,1-4H3,(H,26,29,30);3-8,10H,9H2,1-2H3,(H,19,21,23);2-6H,7,12H2,1H3;2-6H,1H3;2-6H,1H3;1-5H;2-5H,6,9H2,1H3;;;2H,1H3;1H4;;34*1H/q;;;;;;;2*-1;;;+2;;;;;;;;;;;;;;;;;;;;;;;;;;;;;;;;;;. The van der Waals surface area contributed by atoms with Gasteiger partial charge in [-0.2, -0.15) is 44.4 Å². The van der Waals surface area contributed by atoms with Gasteiger partial charge in [0, 0.05) is 158 Å². The van der Waals surface area contributed by atoms with E-state index >= 15 is 0 Å². The number of nitrogens with zero attached hydrogens (tertiary/aromatic N) is 17. The van der Waals surface area contributed by atoms with Gasteiger partial charge in [0.05, 0.1) is 52.7 Å². The first kappa shape index (κ1) is 101. The number of hydrogen-bond acceptors (Lipinski definition) is 22. The number of anilines is 3. The number of nitrogens with two attached hydrogens (primary N) is 2. The Balaban J connectivity index is -0.0000000448. The molecule has 702 valence electrons. The van der Waals surface area contributed by atoms with Gasteiger partial charge >= 0.3 is 25.6 Å². The number of hydrogen-bond donors (Lipinski definition) is 5. The number of aliphatic hydroxyl groups excluding tert-OH is 1. The van der Waals surface area contributed by atoms with Crippen molar-refractivity contribution in [2.75, 3.05) is 42.8 Å². The third-order valence-corrected chi connectivity index (χ3v) is 20.6. The van der Waals surface area contributed by atoms with E-state index in [-0.39, 0.29) is 99.2 Å². The smallest absolute Gasteiger partial charge is 0.512 e. The summed E-state index contributed by atoms with van der Waals surface area (Å²) in [5.41, 5.74) is 28.3. The van der Waals surface area contributed by atoms with Crippen molar-refractivity contribution in [3.63, 3.8) is 0 Å². The first-order chi connectivity index (χ1) is 59.1. The molecule has 0 bridgehead atoms. The number of carbonyl (C=O) groups is 1. The van der Waals surface area contributed by atoms with E-state index in [1.807, 2.05) is 192 Å². The Labute approximate surface area is 813 Å². The van der Waals surface area contributed by atoms with Crippen molar-refractivity contribution in [1.29, 1.82) is 15.8 Å². The molecule has 0 aliphatic carbocycles. The summed E-state index contributed by atoms with van der Waals surface area (Å²) in [4.78, 5) is 54.6. The van der Waals surface area contributed by atoms with E-state index < -0.39 is 6.09 Å². The Morgan fingerprint density at radius 3 is 1.53 bits per heavy atom. The van der Waals surface area contributed by atoms with E-state index in [1.165, 1.54) is 22.7 Å². The number of benzene rings is 7. The Morgan fingerprint density at radius 2 is 1.02 bits per heavy atom. The fraction of sp³-hybridized carbons (Fsp3) is 0.245. The third kappa shape index (κ3) is 28.2. The minimum atomic E-state index is -0.648. The van der Waals surface area contributed by atoms with Crippen LogP contribution in [0.2, 0.25) is 10.4 Å². The number of piperidine rings is 1. The Bertz CT molecular complexity index is 6220. The number of nitriles is 1. The fourth-order valence-corrected chi connectivity index (χ4v) is 13.7. The van der Waals surface area contributed by atoms with E-state index in [9.17, 15) is 4.79 Å². The van der Waals surface area contributed by atoms with Crippen LogP contribution in [0.4, 0.5) is 22.6 Å². The Kier molecular flexibility index (Phi) is 41.5. The van der Waals surface area contributed by atoms with Crippen LogP contribution in [0.25, 0.3) is 65.8 Å². The van der Waals surface area contributed by atoms with Crippen molar-refractivity contribution < 1.29 is 87.4 Å². The molecule has 7 N–H and O–H groups in total. The first-order valence-electron chi connectivity index (χ1n) is 38.8. The molecule has 17 rings (SSSR count). The van der Waals surface area contributed by atoms with Crippen LogP contribution in [0.3, 0.4) is 0 Å². The van der Waals surface area contributed by atoms with Crippen LogP contribution in [-0.4, -0.2) is 103 Å². The molecule has 10 heterocycles. The maximum atomic E-state index is 11.9. The molecule has 0 spiro atoms. The maximum Gasteiger partial charge on any atom is 2.00 e. The molecule has 1 saturated heterocycles. The number of pyridine rings is 5. The molecule has 1 amide bonds. The quantitative estimate of drug-likeness (QED) is 0.0431. The van der Waals surface area contributed by atoms with Crippen LogP contribution >= 0.6 is 55.1 Å². The minimum absolute atomic E-state index is 0.